The molecule has 0 spiro atoms. The van der Waals surface area contributed by atoms with Gasteiger partial charge >= 0.3 is 0 Å². The minimum absolute atomic E-state index is 0.394. The Morgan fingerprint density at radius 2 is 2.14 bits per heavy atom. The van der Waals surface area contributed by atoms with Crippen LogP contribution in [-0.2, 0) is 6.42 Å². The average Bonchev–Trinajstić information content (AvgIpc) is 2.83. The number of hydrogen-bond donors (Lipinski definition) is 1. The molecule has 112 valence electrons. The highest BCUT2D eigenvalue weighted by atomic mass is 32.1. The average molecular weight is 300 g/mol. The number of rotatable bonds is 4. The molecule has 3 heteroatoms. The van der Waals surface area contributed by atoms with E-state index in [2.05, 4.69) is 55.3 Å². The van der Waals surface area contributed by atoms with Crippen LogP contribution in [0.5, 0.6) is 0 Å². The van der Waals surface area contributed by atoms with Crippen LogP contribution in [0.1, 0.15) is 58.4 Å². The van der Waals surface area contributed by atoms with E-state index < -0.39 is 0 Å². The number of benzene rings is 1. The van der Waals surface area contributed by atoms with Crippen LogP contribution < -0.4 is 5.32 Å². The van der Waals surface area contributed by atoms with Crippen molar-refractivity contribution in [2.75, 3.05) is 6.54 Å². The summed E-state index contributed by atoms with van der Waals surface area (Å²) in [5.74, 6) is 0.659. The van der Waals surface area contributed by atoms with Gasteiger partial charge in [0.25, 0.3) is 0 Å². The molecule has 0 fully saturated rings. The van der Waals surface area contributed by atoms with Gasteiger partial charge in [-0.1, -0.05) is 24.3 Å². The van der Waals surface area contributed by atoms with E-state index in [1.54, 1.807) is 11.1 Å². The number of aromatic nitrogens is 1. The molecular formula is C18H24N2S. The Balaban J connectivity index is 1.67. The van der Waals surface area contributed by atoms with Gasteiger partial charge in [-0.25, -0.2) is 4.98 Å². The molecule has 21 heavy (non-hydrogen) atoms. The van der Waals surface area contributed by atoms with Crippen LogP contribution in [0.25, 0.3) is 0 Å². The van der Waals surface area contributed by atoms with Crippen molar-refractivity contribution in [2.45, 2.75) is 52.0 Å². The molecule has 0 saturated carbocycles. The lowest BCUT2D eigenvalue weighted by atomic mass is 9.83. The zero-order valence-electron chi connectivity index (χ0n) is 13.1. The molecule has 1 aromatic carbocycles. The largest absolute Gasteiger partial charge is 0.309 e. The van der Waals surface area contributed by atoms with Crippen LogP contribution in [0.3, 0.4) is 0 Å². The summed E-state index contributed by atoms with van der Waals surface area (Å²) in [7, 11) is 0. The molecule has 1 aromatic heterocycles. The monoisotopic (exact) mass is 300 g/mol. The lowest BCUT2D eigenvalue weighted by Crippen LogP contribution is -2.26. The van der Waals surface area contributed by atoms with E-state index in [4.69, 9.17) is 0 Å². The third-order valence-corrected chi connectivity index (χ3v) is 5.75. The number of thiazole rings is 1. The number of fused-ring (bicyclic) bond motifs is 1. The number of aryl methyl sites for hydroxylation is 3. The zero-order valence-corrected chi connectivity index (χ0v) is 14.0. The Labute approximate surface area is 131 Å². The molecule has 0 bridgehead atoms. The second-order valence-corrected chi connectivity index (χ2v) is 7.34. The van der Waals surface area contributed by atoms with Gasteiger partial charge in [-0.15, -0.1) is 11.3 Å². The van der Waals surface area contributed by atoms with E-state index >= 15 is 0 Å². The fourth-order valence-corrected chi connectivity index (χ4v) is 4.38. The Kier molecular flexibility index (Phi) is 4.41. The summed E-state index contributed by atoms with van der Waals surface area (Å²) in [6, 6.07) is 9.35. The highest BCUT2D eigenvalue weighted by Crippen LogP contribution is 2.32. The standard InChI is InChI=1S/C18H24N2S/c1-12(18-13(2)20-14(3)21-18)19-11-16-9-6-8-15-7-4-5-10-17(15)16/h4-5,7,10,12,16,19H,6,8-9,11H2,1-3H3. The molecule has 2 unspecified atom stereocenters. The summed E-state index contributed by atoms with van der Waals surface area (Å²) in [6.45, 7) is 7.53. The first-order valence-electron chi connectivity index (χ1n) is 7.90. The first-order chi connectivity index (χ1) is 10.1. The maximum atomic E-state index is 4.54. The van der Waals surface area contributed by atoms with Crippen molar-refractivity contribution in [1.29, 1.82) is 0 Å². The molecule has 1 aliphatic carbocycles. The summed E-state index contributed by atoms with van der Waals surface area (Å²) >= 11 is 1.82. The van der Waals surface area contributed by atoms with Gasteiger partial charge in [-0.2, -0.15) is 0 Å². The lowest BCUT2D eigenvalue weighted by Gasteiger charge is -2.27. The lowest BCUT2D eigenvalue weighted by molar-refractivity contribution is 0.475. The summed E-state index contributed by atoms with van der Waals surface area (Å²) < 4.78 is 0. The minimum atomic E-state index is 0.394. The van der Waals surface area contributed by atoms with Crippen LogP contribution in [-0.4, -0.2) is 11.5 Å². The third-order valence-electron chi connectivity index (χ3n) is 4.50. The van der Waals surface area contributed by atoms with Crippen molar-refractivity contribution in [3.8, 4) is 0 Å². The predicted octanol–water partition coefficient (Wildman–Crippen LogP) is 4.53. The zero-order chi connectivity index (χ0) is 14.8. The van der Waals surface area contributed by atoms with Crippen molar-refractivity contribution in [1.82, 2.24) is 10.3 Å². The van der Waals surface area contributed by atoms with Gasteiger partial charge in [-0.3, -0.25) is 0 Å². The molecule has 0 aliphatic heterocycles. The molecule has 0 radical (unpaired) electrons. The first-order valence-corrected chi connectivity index (χ1v) is 8.72. The number of nitrogens with zero attached hydrogens (tertiary/aromatic N) is 1. The van der Waals surface area contributed by atoms with Gasteiger partial charge in [0, 0.05) is 17.5 Å². The van der Waals surface area contributed by atoms with Crippen LogP contribution >= 0.6 is 11.3 Å². The summed E-state index contributed by atoms with van der Waals surface area (Å²) in [5.41, 5.74) is 4.29. The molecule has 1 heterocycles. The van der Waals surface area contributed by atoms with Crippen LogP contribution in [0.4, 0.5) is 0 Å². The summed E-state index contributed by atoms with van der Waals surface area (Å²) in [6.07, 6.45) is 3.86. The second kappa shape index (κ2) is 6.29. The van der Waals surface area contributed by atoms with E-state index in [0.29, 0.717) is 12.0 Å². The van der Waals surface area contributed by atoms with E-state index in [1.807, 2.05) is 11.3 Å². The molecule has 0 amide bonds. The molecule has 2 aromatic rings. The normalized spacial score (nSPS) is 19.3. The van der Waals surface area contributed by atoms with Crippen molar-refractivity contribution in [2.24, 2.45) is 0 Å². The summed E-state index contributed by atoms with van der Waals surface area (Å²) in [5, 5.41) is 4.90. The Bertz CT molecular complexity index is 617. The second-order valence-electron chi connectivity index (χ2n) is 6.10. The predicted molar refractivity (Wildman–Crippen MR) is 90.1 cm³/mol. The fraction of sp³-hybridized carbons (Fsp3) is 0.500. The van der Waals surface area contributed by atoms with Crippen LogP contribution in [0.2, 0.25) is 0 Å². The van der Waals surface area contributed by atoms with Gasteiger partial charge in [0.2, 0.25) is 0 Å². The van der Waals surface area contributed by atoms with Crippen LogP contribution in [0, 0.1) is 13.8 Å². The highest BCUT2D eigenvalue weighted by Gasteiger charge is 2.21. The van der Waals surface area contributed by atoms with Gasteiger partial charge in [0.1, 0.15) is 0 Å². The Hall–Kier alpha value is -1.19. The van der Waals surface area contributed by atoms with E-state index in [0.717, 1.165) is 6.54 Å². The summed E-state index contributed by atoms with van der Waals surface area (Å²) in [4.78, 5) is 5.93. The SMILES string of the molecule is Cc1nc(C)c(C(C)NCC2CCCc3ccccc32)s1. The quantitative estimate of drug-likeness (QED) is 0.897. The molecular weight excluding hydrogens is 276 g/mol. The van der Waals surface area contributed by atoms with Crippen molar-refractivity contribution in [3.63, 3.8) is 0 Å². The minimum Gasteiger partial charge on any atom is -0.309 e. The maximum Gasteiger partial charge on any atom is 0.0900 e. The Morgan fingerprint density at radius 3 is 2.90 bits per heavy atom. The van der Waals surface area contributed by atoms with Gasteiger partial charge in [-0.05, 0) is 57.1 Å². The smallest absolute Gasteiger partial charge is 0.0900 e. The first kappa shape index (κ1) is 14.7. The maximum absolute atomic E-state index is 4.54. The van der Waals surface area contributed by atoms with Crippen molar-refractivity contribution < 1.29 is 0 Å². The molecule has 2 atom stereocenters. The van der Waals surface area contributed by atoms with Crippen molar-refractivity contribution in [3.05, 3.63) is 51.0 Å². The fourth-order valence-electron chi connectivity index (χ4n) is 3.43. The topological polar surface area (TPSA) is 24.9 Å². The van der Waals surface area contributed by atoms with E-state index in [-0.39, 0.29) is 0 Å². The third kappa shape index (κ3) is 3.19. The van der Waals surface area contributed by atoms with Crippen LogP contribution in [0.15, 0.2) is 24.3 Å². The van der Waals surface area contributed by atoms with Gasteiger partial charge < -0.3 is 5.32 Å². The van der Waals surface area contributed by atoms with Gasteiger partial charge in [0.05, 0.1) is 10.7 Å². The molecule has 1 aliphatic rings. The molecule has 1 N–H and O–H groups in total. The highest BCUT2D eigenvalue weighted by molar-refractivity contribution is 7.11. The number of hydrogen-bond acceptors (Lipinski definition) is 3. The van der Waals surface area contributed by atoms with Gasteiger partial charge in [0.15, 0.2) is 0 Å². The molecule has 0 saturated heterocycles. The molecule has 3 rings (SSSR count). The Morgan fingerprint density at radius 1 is 1.33 bits per heavy atom. The van der Waals surface area contributed by atoms with E-state index in [9.17, 15) is 0 Å². The molecule has 2 nitrogen and oxygen atoms in total. The number of nitrogens with one attached hydrogen (secondary N) is 1. The van der Waals surface area contributed by atoms with E-state index in [1.165, 1.54) is 34.8 Å². The van der Waals surface area contributed by atoms with Crippen molar-refractivity contribution >= 4 is 11.3 Å².